The molecule has 0 bridgehead atoms. The number of hydrogen-bond donors (Lipinski definition) is 1. The Kier molecular flexibility index (Phi) is 5.07. The summed E-state index contributed by atoms with van der Waals surface area (Å²) in [6.45, 7) is 5.68. The van der Waals surface area contributed by atoms with Gasteiger partial charge in [-0.2, -0.15) is 0 Å². The first-order valence-corrected chi connectivity index (χ1v) is 8.67. The van der Waals surface area contributed by atoms with Crippen LogP contribution in [0.25, 0.3) is 0 Å². The Balaban J connectivity index is 1.72. The van der Waals surface area contributed by atoms with Crippen molar-refractivity contribution in [3.63, 3.8) is 0 Å². The number of hydrogen-bond acceptors (Lipinski definition) is 4. The summed E-state index contributed by atoms with van der Waals surface area (Å²) in [7, 11) is 0. The standard InChI is InChI=1S/C17H28N4/c1-2-3-5-15-6-4-11-21(15)17-12-16(19-13-20-17)14-7-9-18-10-8-14/h12-15,18H,2-11H2,1H3/t15-/m0/s1. The van der Waals surface area contributed by atoms with E-state index < -0.39 is 0 Å². The highest BCUT2D eigenvalue weighted by Crippen LogP contribution is 2.30. The van der Waals surface area contributed by atoms with E-state index in [9.17, 15) is 0 Å². The second-order valence-electron chi connectivity index (χ2n) is 6.46. The van der Waals surface area contributed by atoms with E-state index >= 15 is 0 Å². The first-order valence-electron chi connectivity index (χ1n) is 8.67. The van der Waals surface area contributed by atoms with Crippen LogP contribution in [0.4, 0.5) is 5.82 Å². The smallest absolute Gasteiger partial charge is 0.132 e. The van der Waals surface area contributed by atoms with Crippen LogP contribution in [0, 0.1) is 0 Å². The van der Waals surface area contributed by atoms with Crippen LogP contribution in [0.1, 0.15) is 63.5 Å². The predicted octanol–water partition coefficient (Wildman–Crippen LogP) is 3.10. The van der Waals surface area contributed by atoms with Crippen molar-refractivity contribution in [2.24, 2.45) is 0 Å². The molecule has 1 aromatic rings. The van der Waals surface area contributed by atoms with Gasteiger partial charge in [-0.15, -0.1) is 0 Å². The normalized spacial score (nSPS) is 23.7. The third-order valence-electron chi connectivity index (χ3n) is 4.99. The van der Waals surface area contributed by atoms with Gasteiger partial charge < -0.3 is 10.2 Å². The molecule has 0 aliphatic carbocycles. The minimum atomic E-state index is 0.615. The van der Waals surface area contributed by atoms with Crippen LogP contribution in [0.5, 0.6) is 0 Å². The van der Waals surface area contributed by atoms with Crippen LogP contribution in [-0.2, 0) is 0 Å². The van der Waals surface area contributed by atoms with Crippen molar-refractivity contribution >= 4 is 5.82 Å². The monoisotopic (exact) mass is 288 g/mol. The van der Waals surface area contributed by atoms with Crippen LogP contribution < -0.4 is 10.2 Å². The van der Waals surface area contributed by atoms with E-state index in [1.54, 1.807) is 6.33 Å². The molecule has 1 N–H and O–H groups in total. The second kappa shape index (κ2) is 7.21. The molecule has 4 nitrogen and oxygen atoms in total. The third-order valence-corrected chi connectivity index (χ3v) is 4.99. The van der Waals surface area contributed by atoms with Gasteiger partial charge in [0.2, 0.25) is 0 Å². The minimum absolute atomic E-state index is 0.615. The first-order chi connectivity index (χ1) is 10.4. The van der Waals surface area contributed by atoms with E-state index in [4.69, 9.17) is 0 Å². The zero-order chi connectivity index (χ0) is 14.5. The van der Waals surface area contributed by atoms with E-state index in [2.05, 4.69) is 33.2 Å². The number of anilines is 1. The molecule has 2 aliphatic heterocycles. The molecule has 0 spiro atoms. The molecule has 1 aromatic heterocycles. The molecule has 1 atom stereocenters. The van der Waals surface area contributed by atoms with Gasteiger partial charge in [-0.3, -0.25) is 0 Å². The van der Waals surface area contributed by atoms with Crippen molar-refractivity contribution in [3.05, 3.63) is 18.1 Å². The summed E-state index contributed by atoms with van der Waals surface area (Å²) in [5, 5.41) is 3.43. The van der Waals surface area contributed by atoms with Crippen molar-refractivity contribution in [3.8, 4) is 0 Å². The van der Waals surface area contributed by atoms with Crippen molar-refractivity contribution in [2.75, 3.05) is 24.5 Å². The van der Waals surface area contributed by atoms with Gasteiger partial charge in [-0.25, -0.2) is 9.97 Å². The average molecular weight is 288 g/mol. The molecule has 0 saturated carbocycles. The van der Waals surface area contributed by atoms with Crippen molar-refractivity contribution in [2.45, 2.75) is 63.8 Å². The Morgan fingerprint density at radius 1 is 1.24 bits per heavy atom. The van der Waals surface area contributed by atoms with Crippen molar-refractivity contribution in [1.82, 2.24) is 15.3 Å². The summed E-state index contributed by atoms with van der Waals surface area (Å²) in [4.78, 5) is 11.7. The number of unbranched alkanes of at least 4 members (excludes halogenated alkanes) is 1. The van der Waals surface area contributed by atoms with Crippen molar-refractivity contribution < 1.29 is 0 Å². The van der Waals surface area contributed by atoms with Crippen LogP contribution in [0.2, 0.25) is 0 Å². The van der Waals surface area contributed by atoms with Crippen LogP contribution in [-0.4, -0.2) is 35.6 Å². The molecule has 116 valence electrons. The summed E-state index contributed by atoms with van der Waals surface area (Å²) in [5.41, 5.74) is 1.25. The highest BCUT2D eigenvalue weighted by atomic mass is 15.2. The molecule has 3 heterocycles. The zero-order valence-corrected chi connectivity index (χ0v) is 13.2. The fraction of sp³-hybridized carbons (Fsp3) is 0.765. The molecule has 3 rings (SSSR count). The largest absolute Gasteiger partial charge is 0.354 e. The van der Waals surface area contributed by atoms with Gasteiger partial charge in [-0.1, -0.05) is 19.8 Å². The molecule has 21 heavy (non-hydrogen) atoms. The Hall–Kier alpha value is -1.16. The van der Waals surface area contributed by atoms with Gasteiger partial charge in [0.05, 0.1) is 0 Å². The number of nitrogens with one attached hydrogen (secondary N) is 1. The molecule has 0 aromatic carbocycles. The molecule has 2 aliphatic rings. The van der Waals surface area contributed by atoms with Gasteiger partial charge in [0, 0.05) is 30.3 Å². The lowest BCUT2D eigenvalue weighted by molar-refractivity contribution is 0.452. The van der Waals surface area contributed by atoms with Gasteiger partial charge in [0.1, 0.15) is 12.1 Å². The zero-order valence-electron chi connectivity index (χ0n) is 13.2. The highest BCUT2D eigenvalue weighted by Gasteiger charge is 2.26. The fourth-order valence-electron chi connectivity index (χ4n) is 3.74. The van der Waals surface area contributed by atoms with Crippen LogP contribution in [0.15, 0.2) is 12.4 Å². The number of aromatic nitrogens is 2. The molecule has 0 radical (unpaired) electrons. The number of piperidine rings is 1. The summed E-state index contributed by atoms with van der Waals surface area (Å²) >= 11 is 0. The number of nitrogens with zero attached hydrogens (tertiary/aromatic N) is 3. The van der Waals surface area contributed by atoms with Crippen molar-refractivity contribution in [1.29, 1.82) is 0 Å². The Bertz CT molecular complexity index is 442. The van der Waals surface area contributed by atoms with Gasteiger partial charge in [0.25, 0.3) is 0 Å². The Labute approximate surface area is 128 Å². The molecule has 2 saturated heterocycles. The van der Waals surface area contributed by atoms with E-state index in [0.717, 1.165) is 25.5 Å². The van der Waals surface area contributed by atoms with Crippen LogP contribution >= 0.6 is 0 Å². The average Bonchev–Trinajstić information content (AvgIpc) is 3.02. The summed E-state index contributed by atoms with van der Waals surface area (Å²) in [6, 6.07) is 2.96. The fourth-order valence-corrected chi connectivity index (χ4v) is 3.74. The Morgan fingerprint density at radius 3 is 2.90 bits per heavy atom. The number of rotatable bonds is 5. The lowest BCUT2D eigenvalue weighted by atomic mass is 9.94. The lowest BCUT2D eigenvalue weighted by Crippen LogP contribution is -2.30. The molecule has 4 heteroatoms. The maximum Gasteiger partial charge on any atom is 0.132 e. The Morgan fingerprint density at radius 2 is 2.10 bits per heavy atom. The lowest BCUT2D eigenvalue weighted by Gasteiger charge is -2.27. The van der Waals surface area contributed by atoms with E-state index in [0.29, 0.717) is 12.0 Å². The van der Waals surface area contributed by atoms with Crippen LogP contribution in [0.3, 0.4) is 0 Å². The van der Waals surface area contributed by atoms with Gasteiger partial charge in [0.15, 0.2) is 0 Å². The summed E-state index contributed by atoms with van der Waals surface area (Å²) in [5.74, 6) is 1.78. The van der Waals surface area contributed by atoms with E-state index in [-0.39, 0.29) is 0 Å². The molecular weight excluding hydrogens is 260 g/mol. The van der Waals surface area contributed by atoms with Gasteiger partial charge in [-0.05, 0) is 45.2 Å². The second-order valence-corrected chi connectivity index (χ2v) is 6.46. The SMILES string of the molecule is CCCC[C@H]1CCCN1c1cc(C2CCNCC2)ncn1. The van der Waals surface area contributed by atoms with Gasteiger partial charge >= 0.3 is 0 Å². The maximum absolute atomic E-state index is 4.57. The highest BCUT2D eigenvalue weighted by molar-refractivity contribution is 5.42. The summed E-state index contributed by atoms with van der Waals surface area (Å²) < 4.78 is 0. The topological polar surface area (TPSA) is 41.0 Å². The van der Waals surface area contributed by atoms with E-state index in [1.165, 1.54) is 50.6 Å². The predicted molar refractivity (Wildman–Crippen MR) is 86.8 cm³/mol. The third kappa shape index (κ3) is 3.54. The maximum atomic E-state index is 4.57. The minimum Gasteiger partial charge on any atom is -0.354 e. The molecule has 2 fully saturated rings. The quantitative estimate of drug-likeness (QED) is 0.904. The van der Waals surface area contributed by atoms with E-state index in [1.807, 2.05) is 0 Å². The molecule has 0 amide bonds. The molecule has 0 unspecified atom stereocenters. The molecular formula is C17H28N4. The summed E-state index contributed by atoms with van der Waals surface area (Å²) in [6.07, 6.45) is 10.7. The first kappa shape index (κ1) is 14.8.